The first-order valence-corrected chi connectivity index (χ1v) is 6.33. The van der Waals surface area contributed by atoms with Crippen molar-refractivity contribution in [1.29, 1.82) is 0 Å². The first-order chi connectivity index (χ1) is 8.10. The summed E-state index contributed by atoms with van der Waals surface area (Å²) in [4.78, 5) is 8.80. The average molecular weight is 252 g/mol. The van der Waals surface area contributed by atoms with E-state index in [1.165, 1.54) is 0 Å². The van der Waals surface area contributed by atoms with Crippen molar-refractivity contribution >= 4 is 11.3 Å². The van der Waals surface area contributed by atoms with E-state index in [-0.39, 0.29) is 6.10 Å². The second-order valence-electron chi connectivity index (χ2n) is 3.92. The Morgan fingerprint density at radius 1 is 1.41 bits per heavy atom. The third kappa shape index (κ3) is 2.70. The van der Waals surface area contributed by atoms with Gasteiger partial charge >= 0.3 is 0 Å². The van der Waals surface area contributed by atoms with Gasteiger partial charge < -0.3 is 4.74 Å². The highest BCUT2D eigenvalue weighted by atomic mass is 32.1. The summed E-state index contributed by atoms with van der Waals surface area (Å²) in [6, 6.07) is 0. The number of rotatable bonds is 4. The van der Waals surface area contributed by atoms with Gasteiger partial charge in [-0.25, -0.2) is 14.6 Å². The average Bonchev–Trinajstić information content (AvgIpc) is 2.86. The Balaban J connectivity index is 2.14. The summed E-state index contributed by atoms with van der Waals surface area (Å²) in [6.45, 7) is 6.50. The van der Waals surface area contributed by atoms with Crippen LogP contribution in [0.5, 0.6) is 0 Å². The Labute approximate surface area is 104 Å². The molecule has 17 heavy (non-hydrogen) atoms. The van der Waals surface area contributed by atoms with Crippen LogP contribution in [0.1, 0.15) is 35.4 Å². The lowest BCUT2D eigenvalue weighted by Crippen LogP contribution is -2.05. The van der Waals surface area contributed by atoms with Crippen molar-refractivity contribution in [3.8, 4) is 0 Å². The van der Waals surface area contributed by atoms with Crippen molar-refractivity contribution in [3.05, 3.63) is 27.7 Å². The van der Waals surface area contributed by atoms with Crippen LogP contribution in [0, 0.1) is 13.8 Å². The number of ether oxygens (including phenoxy) is 1. The van der Waals surface area contributed by atoms with Crippen LogP contribution >= 0.6 is 11.3 Å². The van der Waals surface area contributed by atoms with Gasteiger partial charge in [-0.3, -0.25) is 0 Å². The number of nitrogens with zero attached hydrogens (tertiary/aromatic N) is 4. The normalized spacial score (nSPS) is 12.9. The fraction of sp³-hybridized carbons (Fsp3) is 0.545. The van der Waals surface area contributed by atoms with E-state index in [0.29, 0.717) is 6.54 Å². The monoisotopic (exact) mass is 252 g/mol. The van der Waals surface area contributed by atoms with Crippen LogP contribution in [0.4, 0.5) is 0 Å². The highest BCUT2D eigenvalue weighted by molar-refractivity contribution is 7.09. The van der Waals surface area contributed by atoms with E-state index in [1.807, 2.05) is 30.8 Å². The number of thiazole rings is 1. The minimum atomic E-state index is 0.0485. The summed E-state index contributed by atoms with van der Waals surface area (Å²) in [5, 5.41) is 7.36. The zero-order chi connectivity index (χ0) is 12.4. The number of aryl methyl sites for hydroxylation is 2. The molecule has 2 heterocycles. The minimum Gasteiger partial charge on any atom is -0.375 e. The largest absolute Gasteiger partial charge is 0.375 e. The van der Waals surface area contributed by atoms with Crippen LogP contribution in [0.3, 0.4) is 0 Å². The third-order valence-corrected chi connectivity index (χ3v) is 3.60. The van der Waals surface area contributed by atoms with Crippen molar-refractivity contribution in [3.63, 3.8) is 0 Å². The van der Waals surface area contributed by atoms with Crippen LogP contribution in [0.25, 0.3) is 0 Å². The first kappa shape index (κ1) is 12.2. The van der Waals surface area contributed by atoms with Crippen molar-refractivity contribution in [2.45, 2.75) is 33.4 Å². The molecule has 0 saturated carbocycles. The Hall–Kier alpha value is -1.27. The lowest BCUT2D eigenvalue weighted by atomic mass is 10.4. The van der Waals surface area contributed by atoms with Crippen molar-refractivity contribution in [1.82, 2.24) is 19.7 Å². The van der Waals surface area contributed by atoms with Crippen molar-refractivity contribution in [2.75, 3.05) is 7.11 Å². The van der Waals surface area contributed by atoms with Crippen LogP contribution in [-0.2, 0) is 11.3 Å². The molecule has 0 saturated heterocycles. The van der Waals surface area contributed by atoms with Gasteiger partial charge in [0.05, 0.1) is 12.2 Å². The van der Waals surface area contributed by atoms with E-state index in [2.05, 4.69) is 15.1 Å². The molecule has 1 unspecified atom stereocenters. The predicted octanol–water partition coefficient (Wildman–Crippen LogP) is 2.11. The van der Waals surface area contributed by atoms with Crippen LogP contribution in [-0.4, -0.2) is 26.9 Å². The molecule has 2 rings (SSSR count). The summed E-state index contributed by atoms with van der Waals surface area (Å²) in [6.07, 6.45) is 0.0485. The molecule has 0 N–H and O–H groups in total. The molecule has 92 valence electrons. The molecule has 0 spiro atoms. The molecule has 0 radical (unpaired) electrons. The molecule has 0 amide bonds. The summed E-state index contributed by atoms with van der Waals surface area (Å²) in [7, 11) is 1.69. The summed E-state index contributed by atoms with van der Waals surface area (Å²) in [5.74, 6) is 1.71. The summed E-state index contributed by atoms with van der Waals surface area (Å²) < 4.78 is 7.11. The Morgan fingerprint density at radius 3 is 2.76 bits per heavy atom. The minimum absolute atomic E-state index is 0.0485. The molecule has 2 aromatic heterocycles. The summed E-state index contributed by atoms with van der Waals surface area (Å²) >= 11 is 1.62. The standard InChI is InChI=1S/C11H16N4OS/c1-7(16-4)11-13-10(6-17-11)5-15-9(3)12-8(2)14-15/h6-7H,5H2,1-4H3. The van der Waals surface area contributed by atoms with Gasteiger partial charge in [-0.05, 0) is 20.8 Å². The van der Waals surface area contributed by atoms with E-state index in [4.69, 9.17) is 4.74 Å². The van der Waals surface area contributed by atoms with Crippen molar-refractivity contribution in [2.24, 2.45) is 0 Å². The van der Waals surface area contributed by atoms with Gasteiger partial charge in [0.2, 0.25) is 0 Å². The molecule has 2 aromatic rings. The molecule has 0 aliphatic carbocycles. The molecular weight excluding hydrogens is 236 g/mol. The van der Waals surface area contributed by atoms with Gasteiger partial charge in [0.15, 0.2) is 0 Å². The zero-order valence-electron chi connectivity index (χ0n) is 10.5. The SMILES string of the molecule is COC(C)c1nc(Cn2nc(C)nc2C)cs1. The Bertz CT molecular complexity index is 505. The van der Waals surface area contributed by atoms with Gasteiger partial charge in [-0.2, -0.15) is 5.10 Å². The lowest BCUT2D eigenvalue weighted by molar-refractivity contribution is 0.119. The fourth-order valence-electron chi connectivity index (χ4n) is 1.55. The third-order valence-electron chi connectivity index (χ3n) is 2.55. The molecule has 0 aliphatic rings. The first-order valence-electron chi connectivity index (χ1n) is 5.45. The molecule has 0 fully saturated rings. The topological polar surface area (TPSA) is 52.8 Å². The number of hydrogen-bond acceptors (Lipinski definition) is 5. The van der Waals surface area contributed by atoms with Gasteiger partial charge in [0.25, 0.3) is 0 Å². The maximum Gasteiger partial charge on any atom is 0.147 e. The van der Waals surface area contributed by atoms with E-state index in [9.17, 15) is 0 Å². The van der Waals surface area contributed by atoms with Crippen molar-refractivity contribution < 1.29 is 4.74 Å². The van der Waals surface area contributed by atoms with E-state index >= 15 is 0 Å². The van der Waals surface area contributed by atoms with Gasteiger partial charge in [-0.1, -0.05) is 0 Å². The predicted molar refractivity (Wildman–Crippen MR) is 66.1 cm³/mol. The van der Waals surface area contributed by atoms with E-state index in [1.54, 1.807) is 18.4 Å². The zero-order valence-corrected chi connectivity index (χ0v) is 11.3. The molecular formula is C11H16N4OS. The van der Waals surface area contributed by atoms with Gasteiger partial charge in [0, 0.05) is 12.5 Å². The fourth-order valence-corrected chi connectivity index (χ4v) is 2.39. The number of hydrogen-bond donors (Lipinski definition) is 0. The van der Waals surface area contributed by atoms with Gasteiger partial charge in [0.1, 0.15) is 22.8 Å². The van der Waals surface area contributed by atoms with Crippen LogP contribution < -0.4 is 0 Å². The number of methoxy groups -OCH3 is 1. The lowest BCUT2D eigenvalue weighted by Gasteiger charge is -2.04. The molecule has 0 aromatic carbocycles. The van der Waals surface area contributed by atoms with Crippen LogP contribution in [0.15, 0.2) is 5.38 Å². The Kier molecular flexibility index (Phi) is 3.54. The molecule has 0 bridgehead atoms. The number of aromatic nitrogens is 4. The van der Waals surface area contributed by atoms with Crippen LogP contribution in [0.2, 0.25) is 0 Å². The summed E-state index contributed by atoms with van der Waals surface area (Å²) in [5.41, 5.74) is 1.00. The second kappa shape index (κ2) is 4.93. The molecule has 5 nitrogen and oxygen atoms in total. The highest BCUT2D eigenvalue weighted by Crippen LogP contribution is 2.20. The Morgan fingerprint density at radius 2 is 2.18 bits per heavy atom. The van der Waals surface area contributed by atoms with Gasteiger partial charge in [-0.15, -0.1) is 11.3 Å². The maximum absolute atomic E-state index is 5.24. The molecule has 0 aliphatic heterocycles. The molecule has 1 atom stereocenters. The smallest absolute Gasteiger partial charge is 0.147 e. The highest BCUT2D eigenvalue weighted by Gasteiger charge is 2.11. The van der Waals surface area contributed by atoms with E-state index in [0.717, 1.165) is 22.4 Å². The maximum atomic E-state index is 5.24. The van der Waals surface area contributed by atoms with E-state index < -0.39 is 0 Å². The second-order valence-corrected chi connectivity index (χ2v) is 4.81. The quantitative estimate of drug-likeness (QED) is 0.836. The molecule has 6 heteroatoms.